The molecule has 0 saturated carbocycles. The van der Waals surface area contributed by atoms with Crippen molar-refractivity contribution in [2.45, 2.75) is 24.3 Å². The molecule has 0 radical (unpaired) electrons. The summed E-state index contributed by atoms with van der Waals surface area (Å²) in [5.41, 5.74) is 2.64. The molecule has 1 heterocycles. The normalized spacial score (nSPS) is 16.9. The first kappa shape index (κ1) is 19.4. The van der Waals surface area contributed by atoms with E-state index in [0.29, 0.717) is 12.1 Å². The number of sulfonamides is 1. The number of amides is 1. The number of hydrogen-bond acceptors (Lipinski definition) is 4. The topological polar surface area (TPSA) is 66.9 Å². The summed E-state index contributed by atoms with van der Waals surface area (Å²) in [6, 6.07) is 12.0. The fraction of sp³-hybridized carbons (Fsp3) is 0.350. The van der Waals surface area contributed by atoms with Gasteiger partial charge in [-0.2, -0.15) is 0 Å². The first-order valence-electron chi connectivity index (χ1n) is 8.76. The Morgan fingerprint density at radius 3 is 2.59 bits per heavy atom. The third kappa shape index (κ3) is 3.57. The Hall–Kier alpha value is -2.38. The van der Waals surface area contributed by atoms with Gasteiger partial charge in [0.25, 0.3) is 5.91 Å². The van der Waals surface area contributed by atoms with E-state index < -0.39 is 10.0 Å². The molecule has 1 amide bonds. The van der Waals surface area contributed by atoms with Crippen LogP contribution in [-0.2, 0) is 16.4 Å². The van der Waals surface area contributed by atoms with Gasteiger partial charge in [-0.1, -0.05) is 12.1 Å². The van der Waals surface area contributed by atoms with Gasteiger partial charge < -0.3 is 9.64 Å². The summed E-state index contributed by atoms with van der Waals surface area (Å²) in [5, 5.41) is 0. The fourth-order valence-corrected chi connectivity index (χ4v) is 4.33. The molecular weight excluding hydrogens is 364 g/mol. The minimum absolute atomic E-state index is 0.0960. The van der Waals surface area contributed by atoms with E-state index in [9.17, 15) is 13.2 Å². The van der Waals surface area contributed by atoms with E-state index in [4.69, 9.17) is 4.74 Å². The van der Waals surface area contributed by atoms with Crippen LogP contribution >= 0.6 is 0 Å². The van der Waals surface area contributed by atoms with E-state index >= 15 is 0 Å². The van der Waals surface area contributed by atoms with Crippen molar-refractivity contribution in [2.24, 2.45) is 0 Å². The van der Waals surface area contributed by atoms with Crippen LogP contribution in [-0.4, -0.2) is 51.3 Å². The second-order valence-corrected chi connectivity index (χ2v) is 8.96. The zero-order valence-corrected chi connectivity index (χ0v) is 16.8. The molecule has 144 valence electrons. The number of methoxy groups -OCH3 is 1. The van der Waals surface area contributed by atoms with Gasteiger partial charge in [-0.25, -0.2) is 12.7 Å². The van der Waals surface area contributed by atoms with E-state index in [1.807, 2.05) is 25.1 Å². The zero-order chi connectivity index (χ0) is 19.8. The number of benzene rings is 2. The van der Waals surface area contributed by atoms with Gasteiger partial charge in [0.05, 0.1) is 18.0 Å². The highest BCUT2D eigenvalue weighted by atomic mass is 32.2. The van der Waals surface area contributed by atoms with E-state index in [-0.39, 0.29) is 16.8 Å². The predicted molar refractivity (Wildman–Crippen MR) is 103 cm³/mol. The second-order valence-electron chi connectivity index (χ2n) is 6.80. The quantitative estimate of drug-likeness (QED) is 0.808. The van der Waals surface area contributed by atoms with Crippen LogP contribution in [0.1, 0.15) is 34.5 Å². The maximum Gasteiger partial charge on any atom is 0.254 e. The highest BCUT2D eigenvalue weighted by Crippen LogP contribution is 2.33. The lowest BCUT2D eigenvalue weighted by Crippen LogP contribution is -2.39. The van der Waals surface area contributed by atoms with Crippen molar-refractivity contribution >= 4 is 15.9 Å². The largest absolute Gasteiger partial charge is 0.497 e. The summed E-state index contributed by atoms with van der Waals surface area (Å²) in [6.07, 6.45) is 0.734. The summed E-state index contributed by atoms with van der Waals surface area (Å²) >= 11 is 0. The monoisotopic (exact) mass is 388 g/mol. The summed E-state index contributed by atoms with van der Waals surface area (Å²) in [5.74, 6) is 0.641. The standard InChI is InChI=1S/C20H24N2O4S/c1-14-19-9-8-17(26-4)12-15(19)10-11-22(14)20(23)16-6-5-7-18(13-16)27(24,25)21(2)3/h5-9,12-14H,10-11H2,1-4H3. The third-order valence-electron chi connectivity index (χ3n) is 5.01. The Morgan fingerprint density at radius 1 is 1.19 bits per heavy atom. The van der Waals surface area contributed by atoms with Crippen LogP contribution < -0.4 is 4.74 Å². The number of nitrogens with zero attached hydrogens (tertiary/aromatic N) is 2. The molecule has 6 nitrogen and oxygen atoms in total. The molecule has 0 bridgehead atoms. The molecule has 1 unspecified atom stereocenters. The molecule has 0 aromatic heterocycles. The van der Waals surface area contributed by atoms with Gasteiger partial charge in [-0.15, -0.1) is 0 Å². The predicted octanol–water partition coefficient (Wildman–Crippen LogP) is 2.71. The van der Waals surface area contributed by atoms with Gasteiger partial charge in [0.2, 0.25) is 10.0 Å². The van der Waals surface area contributed by atoms with Crippen LogP contribution in [0.25, 0.3) is 0 Å². The first-order valence-corrected chi connectivity index (χ1v) is 10.2. The van der Waals surface area contributed by atoms with Crippen LogP contribution in [0, 0.1) is 0 Å². The molecule has 0 N–H and O–H groups in total. The lowest BCUT2D eigenvalue weighted by atomic mass is 9.92. The smallest absolute Gasteiger partial charge is 0.254 e. The minimum Gasteiger partial charge on any atom is -0.497 e. The molecule has 2 aromatic carbocycles. The highest BCUT2D eigenvalue weighted by molar-refractivity contribution is 7.89. The van der Waals surface area contributed by atoms with Gasteiger partial charge >= 0.3 is 0 Å². The number of rotatable bonds is 4. The number of carbonyl (C=O) groups excluding carboxylic acids is 1. The van der Waals surface area contributed by atoms with Crippen molar-refractivity contribution in [1.82, 2.24) is 9.21 Å². The maximum atomic E-state index is 13.1. The van der Waals surface area contributed by atoms with Crippen LogP contribution in [0.2, 0.25) is 0 Å². The molecule has 0 aliphatic carbocycles. The first-order chi connectivity index (χ1) is 12.8. The van der Waals surface area contributed by atoms with E-state index in [2.05, 4.69) is 0 Å². The Morgan fingerprint density at radius 2 is 1.93 bits per heavy atom. The maximum absolute atomic E-state index is 13.1. The van der Waals surface area contributed by atoms with Crippen molar-refractivity contribution in [1.29, 1.82) is 0 Å². The Kier molecular flexibility index (Phi) is 5.26. The molecule has 0 saturated heterocycles. The third-order valence-corrected chi connectivity index (χ3v) is 6.82. The van der Waals surface area contributed by atoms with E-state index in [1.165, 1.54) is 31.8 Å². The van der Waals surface area contributed by atoms with Crippen molar-refractivity contribution in [3.05, 3.63) is 59.2 Å². The van der Waals surface area contributed by atoms with Crippen LogP contribution in [0.15, 0.2) is 47.4 Å². The molecular formula is C20H24N2O4S. The van der Waals surface area contributed by atoms with E-state index in [1.54, 1.807) is 24.1 Å². The summed E-state index contributed by atoms with van der Waals surface area (Å²) in [7, 11) is 1.00. The van der Waals surface area contributed by atoms with Crippen molar-refractivity contribution in [3.8, 4) is 5.75 Å². The van der Waals surface area contributed by atoms with E-state index in [0.717, 1.165) is 22.0 Å². The SMILES string of the molecule is COc1ccc2c(c1)CCN(C(=O)c1cccc(S(=O)(=O)N(C)C)c1)C2C. The summed E-state index contributed by atoms with van der Waals surface area (Å²) < 4.78 is 31.1. The molecule has 1 atom stereocenters. The lowest BCUT2D eigenvalue weighted by Gasteiger charge is -2.35. The molecule has 2 aromatic rings. The second kappa shape index (κ2) is 7.32. The zero-order valence-electron chi connectivity index (χ0n) is 16.0. The number of ether oxygens (including phenoxy) is 1. The van der Waals surface area contributed by atoms with Gasteiger partial charge in [0, 0.05) is 26.2 Å². The van der Waals surface area contributed by atoms with Crippen LogP contribution in [0.4, 0.5) is 0 Å². The Balaban J connectivity index is 1.91. The highest BCUT2D eigenvalue weighted by Gasteiger charge is 2.29. The van der Waals surface area contributed by atoms with Crippen LogP contribution in [0.3, 0.4) is 0 Å². The molecule has 1 aliphatic heterocycles. The van der Waals surface area contributed by atoms with Crippen molar-refractivity contribution in [3.63, 3.8) is 0 Å². The average molecular weight is 388 g/mol. The number of hydrogen-bond donors (Lipinski definition) is 0. The Labute approximate surface area is 160 Å². The number of carbonyl (C=O) groups is 1. The molecule has 0 fully saturated rings. The molecule has 3 rings (SSSR count). The van der Waals surface area contributed by atoms with Gasteiger partial charge in [0.1, 0.15) is 5.75 Å². The molecule has 0 spiro atoms. The lowest BCUT2D eigenvalue weighted by molar-refractivity contribution is 0.0677. The minimum atomic E-state index is -3.58. The molecule has 1 aliphatic rings. The molecule has 7 heteroatoms. The molecule has 27 heavy (non-hydrogen) atoms. The number of fused-ring (bicyclic) bond motifs is 1. The van der Waals surface area contributed by atoms with Gasteiger partial charge in [0.15, 0.2) is 0 Å². The summed E-state index contributed by atoms with van der Waals surface area (Å²) in [4.78, 5) is 15.0. The van der Waals surface area contributed by atoms with Crippen LogP contribution in [0.5, 0.6) is 5.75 Å². The van der Waals surface area contributed by atoms with Crippen molar-refractivity contribution in [2.75, 3.05) is 27.7 Å². The van der Waals surface area contributed by atoms with Gasteiger partial charge in [-0.05, 0) is 54.8 Å². The van der Waals surface area contributed by atoms with Crippen molar-refractivity contribution < 1.29 is 17.9 Å². The summed E-state index contributed by atoms with van der Waals surface area (Å²) in [6.45, 7) is 2.56. The van der Waals surface area contributed by atoms with Gasteiger partial charge in [-0.3, -0.25) is 4.79 Å². The average Bonchev–Trinajstić information content (AvgIpc) is 2.67. The fourth-order valence-electron chi connectivity index (χ4n) is 3.38. The Bertz CT molecular complexity index is 970.